The first-order valence-electron chi connectivity index (χ1n) is 4.86. The maximum absolute atomic E-state index is 13.4. The van der Waals surface area contributed by atoms with Gasteiger partial charge in [-0.2, -0.15) is 10.4 Å². The Morgan fingerprint density at radius 2 is 2.28 bits per heavy atom. The molecule has 18 heavy (non-hydrogen) atoms. The summed E-state index contributed by atoms with van der Waals surface area (Å²) < 4.78 is 14.7. The molecule has 1 heterocycles. The highest BCUT2D eigenvalue weighted by atomic mass is 35.5. The minimum Gasteiger partial charge on any atom is -0.382 e. The lowest BCUT2D eigenvalue weighted by Gasteiger charge is -2.04. The molecule has 2 N–H and O–H groups in total. The van der Waals surface area contributed by atoms with Gasteiger partial charge < -0.3 is 5.73 Å². The Labute approximate surface area is 112 Å². The van der Waals surface area contributed by atoms with Gasteiger partial charge in [-0.1, -0.05) is 11.6 Å². The molecule has 2 rings (SSSR count). The Morgan fingerprint density at radius 3 is 2.78 bits per heavy atom. The van der Waals surface area contributed by atoms with Crippen LogP contribution < -0.4 is 5.73 Å². The van der Waals surface area contributed by atoms with Gasteiger partial charge in [-0.25, -0.2) is 9.07 Å². The largest absolute Gasteiger partial charge is 0.382 e. The average molecular weight is 283 g/mol. The van der Waals surface area contributed by atoms with E-state index in [4.69, 9.17) is 22.6 Å². The van der Waals surface area contributed by atoms with Gasteiger partial charge in [0.2, 0.25) is 0 Å². The third-order valence-electron chi connectivity index (χ3n) is 2.34. The molecule has 2 aromatic rings. The third-order valence-corrected chi connectivity index (χ3v) is 3.32. The fourth-order valence-electron chi connectivity index (χ4n) is 1.47. The summed E-state index contributed by atoms with van der Waals surface area (Å²) in [7, 11) is 0. The van der Waals surface area contributed by atoms with Gasteiger partial charge in [0, 0.05) is 6.07 Å². The Hall–Kier alpha value is -1.71. The number of nitrogens with two attached hydrogens (primary N) is 1. The number of benzene rings is 1. The van der Waals surface area contributed by atoms with E-state index in [-0.39, 0.29) is 16.4 Å². The smallest absolute Gasteiger partial charge is 0.146 e. The van der Waals surface area contributed by atoms with Crippen molar-refractivity contribution in [3.8, 4) is 11.8 Å². The van der Waals surface area contributed by atoms with E-state index in [1.807, 2.05) is 6.07 Å². The quantitative estimate of drug-likeness (QED) is 0.860. The molecule has 0 amide bonds. The summed E-state index contributed by atoms with van der Waals surface area (Å²) >= 11 is 6.91. The van der Waals surface area contributed by atoms with Crippen LogP contribution in [0.5, 0.6) is 0 Å². The summed E-state index contributed by atoms with van der Waals surface area (Å²) in [4.78, 5) is 0. The fourth-order valence-corrected chi connectivity index (χ4v) is 2.11. The molecule has 0 saturated heterocycles. The van der Waals surface area contributed by atoms with Crippen LogP contribution in [-0.4, -0.2) is 16.0 Å². The molecule has 0 aliphatic carbocycles. The van der Waals surface area contributed by atoms with Gasteiger partial charge in [0.15, 0.2) is 0 Å². The van der Waals surface area contributed by atoms with Crippen LogP contribution in [0, 0.1) is 17.1 Å². The van der Waals surface area contributed by atoms with Gasteiger partial charge in [0.25, 0.3) is 0 Å². The number of thioether (sulfide) groups is 1. The lowest BCUT2D eigenvalue weighted by atomic mass is 10.3. The van der Waals surface area contributed by atoms with E-state index in [0.717, 1.165) is 0 Å². The molecule has 0 atom stereocenters. The number of anilines is 1. The lowest BCUT2D eigenvalue weighted by Crippen LogP contribution is -2.02. The Balaban J connectivity index is 2.61. The van der Waals surface area contributed by atoms with Crippen molar-refractivity contribution in [3.63, 3.8) is 0 Å². The second-order valence-corrected chi connectivity index (χ2v) is 4.59. The van der Waals surface area contributed by atoms with Crippen molar-refractivity contribution < 1.29 is 4.39 Å². The van der Waals surface area contributed by atoms with Crippen molar-refractivity contribution in [3.05, 3.63) is 34.6 Å². The number of hydrogen-bond donors (Lipinski definition) is 1. The topological polar surface area (TPSA) is 67.6 Å². The molecule has 1 aromatic carbocycles. The number of nitrogens with zero attached hydrogens (tertiary/aromatic N) is 3. The van der Waals surface area contributed by atoms with Crippen molar-refractivity contribution in [1.82, 2.24) is 9.78 Å². The second-order valence-electron chi connectivity index (χ2n) is 3.39. The van der Waals surface area contributed by atoms with Gasteiger partial charge in [-0.3, -0.25) is 0 Å². The molecule has 92 valence electrons. The Kier molecular flexibility index (Phi) is 3.45. The molecule has 7 heteroatoms. The van der Waals surface area contributed by atoms with Gasteiger partial charge in [0.1, 0.15) is 28.3 Å². The molecule has 1 aromatic heterocycles. The van der Waals surface area contributed by atoms with Gasteiger partial charge in [-0.15, -0.1) is 11.8 Å². The monoisotopic (exact) mass is 282 g/mol. The van der Waals surface area contributed by atoms with Crippen LogP contribution >= 0.6 is 23.4 Å². The SMILES string of the molecule is CSc1nn(-c2ccc(Cl)c(F)c2)c(N)c1C#N. The molecular formula is C11H8ClFN4S. The summed E-state index contributed by atoms with van der Waals surface area (Å²) in [5.74, 6) is -0.378. The highest BCUT2D eigenvalue weighted by Crippen LogP contribution is 2.27. The average Bonchev–Trinajstić information content (AvgIpc) is 2.69. The van der Waals surface area contributed by atoms with Crippen LogP contribution in [0.1, 0.15) is 5.56 Å². The zero-order valence-corrected chi connectivity index (χ0v) is 10.9. The van der Waals surface area contributed by atoms with Crippen LogP contribution in [0.2, 0.25) is 5.02 Å². The second kappa shape index (κ2) is 4.88. The first-order valence-corrected chi connectivity index (χ1v) is 6.46. The predicted molar refractivity (Wildman–Crippen MR) is 69.4 cm³/mol. The standard InChI is InChI=1S/C11H8ClFN4S/c1-18-11-7(5-14)10(15)17(16-11)6-2-3-8(12)9(13)4-6/h2-4H,15H2,1H3. The van der Waals surface area contributed by atoms with Gasteiger partial charge >= 0.3 is 0 Å². The van der Waals surface area contributed by atoms with Crippen molar-refractivity contribution in [2.24, 2.45) is 0 Å². The summed E-state index contributed by atoms with van der Waals surface area (Å²) in [6, 6.07) is 6.20. The van der Waals surface area contributed by atoms with E-state index in [9.17, 15) is 4.39 Å². The Morgan fingerprint density at radius 1 is 1.56 bits per heavy atom. The normalized spacial score (nSPS) is 10.3. The zero-order valence-electron chi connectivity index (χ0n) is 9.32. The number of rotatable bonds is 2. The maximum atomic E-state index is 13.4. The zero-order chi connectivity index (χ0) is 13.3. The van der Waals surface area contributed by atoms with E-state index >= 15 is 0 Å². The number of nitrogen functional groups attached to an aromatic ring is 1. The van der Waals surface area contributed by atoms with Crippen molar-refractivity contribution >= 4 is 29.2 Å². The van der Waals surface area contributed by atoms with Crippen molar-refractivity contribution in [1.29, 1.82) is 5.26 Å². The third kappa shape index (κ3) is 2.03. The van der Waals surface area contributed by atoms with Crippen LogP contribution in [0.15, 0.2) is 23.2 Å². The fraction of sp³-hybridized carbons (Fsp3) is 0.0909. The van der Waals surface area contributed by atoms with E-state index in [0.29, 0.717) is 10.7 Å². The van der Waals surface area contributed by atoms with Crippen LogP contribution in [0.3, 0.4) is 0 Å². The van der Waals surface area contributed by atoms with Crippen LogP contribution in [0.4, 0.5) is 10.2 Å². The summed E-state index contributed by atoms with van der Waals surface area (Å²) in [5.41, 5.74) is 6.53. The molecule has 0 bridgehead atoms. The van der Waals surface area contributed by atoms with Crippen molar-refractivity contribution in [2.75, 3.05) is 12.0 Å². The minimum absolute atomic E-state index is 0.0232. The molecule has 0 fully saturated rings. The number of hydrogen-bond acceptors (Lipinski definition) is 4. The summed E-state index contributed by atoms with van der Waals surface area (Å²) in [6.45, 7) is 0. The van der Waals surface area contributed by atoms with Gasteiger partial charge in [0.05, 0.1) is 10.7 Å². The number of nitriles is 1. The first kappa shape index (κ1) is 12.7. The summed E-state index contributed by atoms with van der Waals surface area (Å²) in [6.07, 6.45) is 1.79. The molecule has 0 aliphatic rings. The Bertz CT molecular complexity index is 647. The van der Waals surface area contributed by atoms with E-state index < -0.39 is 5.82 Å². The lowest BCUT2D eigenvalue weighted by molar-refractivity contribution is 0.625. The first-order chi connectivity index (χ1) is 8.58. The predicted octanol–water partition coefficient (Wildman–Crippen LogP) is 2.84. The van der Waals surface area contributed by atoms with E-state index in [1.54, 1.807) is 12.3 Å². The van der Waals surface area contributed by atoms with E-state index in [2.05, 4.69) is 5.10 Å². The molecule has 0 aliphatic heterocycles. The molecule has 0 saturated carbocycles. The van der Waals surface area contributed by atoms with Gasteiger partial charge in [-0.05, 0) is 18.4 Å². The van der Waals surface area contributed by atoms with Crippen LogP contribution in [0.25, 0.3) is 5.69 Å². The summed E-state index contributed by atoms with van der Waals surface area (Å²) in [5, 5.41) is 13.7. The minimum atomic E-state index is -0.562. The molecule has 0 radical (unpaired) electrons. The molecule has 0 unspecified atom stereocenters. The maximum Gasteiger partial charge on any atom is 0.146 e. The molecular weight excluding hydrogens is 275 g/mol. The van der Waals surface area contributed by atoms with E-state index in [1.165, 1.54) is 28.6 Å². The van der Waals surface area contributed by atoms with Crippen LogP contribution in [-0.2, 0) is 0 Å². The number of halogens is 2. The molecule has 0 spiro atoms. The highest BCUT2D eigenvalue weighted by molar-refractivity contribution is 7.98. The highest BCUT2D eigenvalue weighted by Gasteiger charge is 2.16. The molecule has 4 nitrogen and oxygen atoms in total. The van der Waals surface area contributed by atoms with Crippen molar-refractivity contribution in [2.45, 2.75) is 5.03 Å². The number of aromatic nitrogens is 2.